The first-order valence-electron chi connectivity index (χ1n) is 6.29. The Morgan fingerprint density at radius 1 is 1.07 bits per heavy atom. The lowest BCUT2D eigenvalue weighted by atomic mass is 9.92. The topological polar surface area (TPSA) is 12.0 Å². The molecule has 1 rings (SSSR count). The van der Waals surface area contributed by atoms with Gasteiger partial charge in [0.25, 0.3) is 0 Å². The van der Waals surface area contributed by atoms with Crippen molar-refractivity contribution in [3.05, 3.63) is 0 Å². The van der Waals surface area contributed by atoms with Crippen molar-refractivity contribution in [2.45, 2.75) is 59.3 Å². The fourth-order valence-electron chi connectivity index (χ4n) is 2.19. The van der Waals surface area contributed by atoms with E-state index in [4.69, 9.17) is 0 Å². The third kappa shape index (κ3) is 5.64. The highest BCUT2D eigenvalue weighted by Crippen LogP contribution is 2.26. The summed E-state index contributed by atoms with van der Waals surface area (Å²) in [5.41, 5.74) is 0.486. The molecule has 1 nitrogen and oxygen atoms in total. The minimum Gasteiger partial charge on any atom is -0.317 e. The molecule has 0 amide bonds. The van der Waals surface area contributed by atoms with E-state index in [1.165, 1.54) is 51.6 Å². The molecule has 0 aromatic heterocycles. The van der Waals surface area contributed by atoms with Gasteiger partial charge in [-0.2, -0.15) is 0 Å². The molecule has 0 heterocycles. The molecule has 0 atom stereocenters. The molecule has 1 aliphatic rings. The largest absolute Gasteiger partial charge is 0.317 e. The van der Waals surface area contributed by atoms with Gasteiger partial charge < -0.3 is 5.32 Å². The highest BCUT2D eigenvalue weighted by Gasteiger charge is 2.14. The maximum atomic E-state index is 3.57. The van der Waals surface area contributed by atoms with Crippen LogP contribution < -0.4 is 5.32 Å². The second-order valence-corrected chi connectivity index (χ2v) is 6.00. The van der Waals surface area contributed by atoms with Crippen molar-refractivity contribution in [1.82, 2.24) is 5.32 Å². The summed E-state index contributed by atoms with van der Waals surface area (Å²) in [4.78, 5) is 0. The predicted molar refractivity (Wildman–Crippen MR) is 63.5 cm³/mol. The number of hydrogen-bond acceptors (Lipinski definition) is 1. The molecule has 0 bridgehead atoms. The zero-order chi connectivity index (χ0) is 10.4. The summed E-state index contributed by atoms with van der Waals surface area (Å²) in [7, 11) is 0. The van der Waals surface area contributed by atoms with Crippen LogP contribution in [0.3, 0.4) is 0 Å². The summed E-state index contributed by atoms with van der Waals surface area (Å²) in [6.45, 7) is 9.36. The third-order valence-corrected chi connectivity index (χ3v) is 3.26. The summed E-state index contributed by atoms with van der Waals surface area (Å²) in [5, 5.41) is 3.57. The summed E-state index contributed by atoms with van der Waals surface area (Å²) < 4.78 is 0. The molecular formula is C13H27N. The third-order valence-electron chi connectivity index (χ3n) is 3.26. The molecule has 0 radical (unpaired) electrons. The lowest BCUT2D eigenvalue weighted by Gasteiger charge is -2.18. The Balaban J connectivity index is 1.89. The van der Waals surface area contributed by atoms with Crippen molar-refractivity contribution in [1.29, 1.82) is 0 Å². The maximum Gasteiger partial charge on any atom is -0.00439 e. The molecule has 1 fully saturated rings. The summed E-state index contributed by atoms with van der Waals surface area (Å²) >= 11 is 0. The average Bonchev–Trinajstić information content (AvgIpc) is 2.54. The first-order chi connectivity index (χ1) is 6.58. The molecule has 0 aromatic rings. The maximum absolute atomic E-state index is 3.57. The normalized spacial score (nSPS) is 19.1. The van der Waals surface area contributed by atoms with E-state index in [-0.39, 0.29) is 0 Å². The molecule has 0 unspecified atom stereocenters. The van der Waals surface area contributed by atoms with Crippen LogP contribution >= 0.6 is 0 Å². The van der Waals surface area contributed by atoms with Crippen molar-refractivity contribution in [3.63, 3.8) is 0 Å². The van der Waals surface area contributed by atoms with E-state index in [1.807, 2.05) is 0 Å². The summed E-state index contributed by atoms with van der Waals surface area (Å²) in [6.07, 6.45) is 8.63. The fraction of sp³-hybridized carbons (Fsp3) is 1.00. The van der Waals surface area contributed by atoms with E-state index < -0.39 is 0 Å². The van der Waals surface area contributed by atoms with Gasteiger partial charge in [-0.3, -0.25) is 0 Å². The SMILES string of the molecule is CC(C)(C)CCNCCC1CCCC1. The van der Waals surface area contributed by atoms with Gasteiger partial charge in [0.1, 0.15) is 0 Å². The van der Waals surface area contributed by atoms with Crippen molar-refractivity contribution >= 4 is 0 Å². The smallest absolute Gasteiger partial charge is 0.00439 e. The number of rotatable bonds is 5. The second-order valence-electron chi connectivity index (χ2n) is 6.00. The molecule has 84 valence electrons. The molecule has 0 aromatic carbocycles. The average molecular weight is 197 g/mol. The van der Waals surface area contributed by atoms with Crippen LogP contribution in [0.15, 0.2) is 0 Å². The molecule has 0 spiro atoms. The quantitative estimate of drug-likeness (QED) is 0.664. The Labute approximate surface area is 89.7 Å². The first kappa shape index (κ1) is 12.0. The molecule has 1 aliphatic carbocycles. The standard InChI is InChI=1S/C13H27N/c1-13(2,3)9-11-14-10-8-12-6-4-5-7-12/h12,14H,4-11H2,1-3H3. The Morgan fingerprint density at radius 2 is 1.71 bits per heavy atom. The van der Waals surface area contributed by atoms with Crippen molar-refractivity contribution in [2.75, 3.05) is 13.1 Å². The van der Waals surface area contributed by atoms with Gasteiger partial charge in [0, 0.05) is 0 Å². The van der Waals surface area contributed by atoms with Crippen molar-refractivity contribution in [2.24, 2.45) is 11.3 Å². The van der Waals surface area contributed by atoms with Crippen molar-refractivity contribution in [3.8, 4) is 0 Å². The minimum absolute atomic E-state index is 0.486. The van der Waals surface area contributed by atoms with E-state index in [9.17, 15) is 0 Å². The second kappa shape index (κ2) is 5.75. The van der Waals surface area contributed by atoms with Crippen LogP contribution in [-0.4, -0.2) is 13.1 Å². The molecule has 0 aliphatic heterocycles. The Morgan fingerprint density at radius 3 is 2.29 bits per heavy atom. The van der Waals surface area contributed by atoms with Crippen molar-refractivity contribution < 1.29 is 0 Å². The predicted octanol–water partition coefficient (Wildman–Crippen LogP) is 3.59. The fourth-order valence-corrected chi connectivity index (χ4v) is 2.19. The highest BCUT2D eigenvalue weighted by molar-refractivity contribution is 4.69. The molecular weight excluding hydrogens is 170 g/mol. The zero-order valence-corrected chi connectivity index (χ0v) is 10.2. The van der Waals surface area contributed by atoms with Gasteiger partial charge in [0.15, 0.2) is 0 Å². The van der Waals surface area contributed by atoms with E-state index >= 15 is 0 Å². The van der Waals surface area contributed by atoms with Gasteiger partial charge in [0.05, 0.1) is 0 Å². The lowest BCUT2D eigenvalue weighted by molar-refractivity contribution is 0.361. The monoisotopic (exact) mass is 197 g/mol. The van der Waals surface area contributed by atoms with Crippen LogP contribution in [-0.2, 0) is 0 Å². The van der Waals surface area contributed by atoms with E-state index in [0.29, 0.717) is 5.41 Å². The molecule has 1 saturated carbocycles. The Kier molecular flexibility index (Phi) is 4.94. The van der Waals surface area contributed by atoms with E-state index in [2.05, 4.69) is 26.1 Å². The van der Waals surface area contributed by atoms with Crippen LogP contribution in [0.5, 0.6) is 0 Å². The van der Waals surface area contributed by atoms with Gasteiger partial charge >= 0.3 is 0 Å². The van der Waals surface area contributed by atoms with Crippen LogP contribution in [0.1, 0.15) is 59.3 Å². The Hall–Kier alpha value is -0.0400. The Bertz CT molecular complexity index is 140. The van der Waals surface area contributed by atoms with Gasteiger partial charge in [0.2, 0.25) is 0 Å². The van der Waals surface area contributed by atoms with E-state index in [1.54, 1.807) is 0 Å². The van der Waals surface area contributed by atoms with Gasteiger partial charge in [-0.15, -0.1) is 0 Å². The number of nitrogens with one attached hydrogen (secondary N) is 1. The lowest BCUT2D eigenvalue weighted by Crippen LogP contribution is -2.22. The van der Waals surface area contributed by atoms with E-state index in [0.717, 1.165) is 5.92 Å². The summed E-state index contributed by atoms with van der Waals surface area (Å²) in [6, 6.07) is 0. The van der Waals surface area contributed by atoms with Gasteiger partial charge in [-0.05, 0) is 37.3 Å². The van der Waals surface area contributed by atoms with Crippen LogP contribution in [0.25, 0.3) is 0 Å². The minimum atomic E-state index is 0.486. The number of hydrogen-bond donors (Lipinski definition) is 1. The van der Waals surface area contributed by atoms with Gasteiger partial charge in [-0.1, -0.05) is 46.5 Å². The molecule has 1 N–H and O–H groups in total. The highest BCUT2D eigenvalue weighted by atomic mass is 14.8. The van der Waals surface area contributed by atoms with Crippen LogP contribution in [0, 0.1) is 11.3 Å². The molecule has 14 heavy (non-hydrogen) atoms. The van der Waals surface area contributed by atoms with Crippen LogP contribution in [0.4, 0.5) is 0 Å². The zero-order valence-electron chi connectivity index (χ0n) is 10.2. The van der Waals surface area contributed by atoms with Crippen LogP contribution in [0.2, 0.25) is 0 Å². The van der Waals surface area contributed by atoms with Gasteiger partial charge in [-0.25, -0.2) is 0 Å². The molecule has 1 heteroatoms. The summed E-state index contributed by atoms with van der Waals surface area (Å²) in [5.74, 6) is 1.04. The first-order valence-corrected chi connectivity index (χ1v) is 6.29. The molecule has 0 saturated heterocycles.